The third-order valence-electron chi connectivity index (χ3n) is 3.88. The predicted molar refractivity (Wildman–Crippen MR) is 99.7 cm³/mol. The molecule has 0 fully saturated rings. The second-order valence-electron chi connectivity index (χ2n) is 5.97. The number of allylic oxidation sites excluding steroid dienone is 4. The first-order chi connectivity index (χ1) is 11.8. The molecule has 1 aliphatic rings. The van der Waals surface area contributed by atoms with E-state index < -0.39 is 0 Å². The maximum absolute atomic E-state index is 5.89. The summed E-state index contributed by atoms with van der Waals surface area (Å²) in [6.45, 7) is 4.73. The molecule has 0 unspecified atom stereocenters. The topological polar surface area (TPSA) is 21.3 Å². The minimum Gasteiger partial charge on any atom is -0.489 e. The highest BCUT2D eigenvalue weighted by Gasteiger charge is 2.03. The molecule has 3 rings (SSSR count). The molecule has 0 radical (unpaired) electrons. The lowest BCUT2D eigenvalue weighted by Gasteiger charge is -2.13. The number of nitrogens with one attached hydrogen (secondary N) is 1. The van der Waals surface area contributed by atoms with Gasteiger partial charge in [0.2, 0.25) is 0 Å². The van der Waals surface area contributed by atoms with Gasteiger partial charge in [-0.2, -0.15) is 0 Å². The Labute approximate surface area is 144 Å². The van der Waals surface area contributed by atoms with Crippen LogP contribution in [0.25, 0.3) is 0 Å². The van der Waals surface area contributed by atoms with Crippen LogP contribution in [0.1, 0.15) is 24.0 Å². The van der Waals surface area contributed by atoms with Gasteiger partial charge in [-0.15, -0.1) is 0 Å². The number of hydrogen-bond donors (Lipinski definition) is 1. The molecule has 0 atom stereocenters. The lowest BCUT2D eigenvalue weighted by molar-refractivity contribution is 0.306. The fourth-order valence-corrected chi connectivity index (χ4v) is 2.69. The molecule has 24 heavy (non-hydrogen) atoms. The summed E-state index contributed by atoms with van der Waals surface area (Å²) < 4.78 is 5.89. The highest BCUT2D eigenvalue weighted by molar-refractivity contribution is 5.32. The Kier molecular flexibility index (Phi) is 5.52. The smallest absolute Gasteiger partial charge is 0.120 e. The van der Waals surface area contributed by atoms with Gasteiger partial charge in [0.05, 0.1) is 0 Å². The van der Waals surface area contributed by atoms with Gasteiger partial charge in [0.1, 0.15) is 12.4 Å². The van der Waals surface area contributed by atoms with Crippen molar-refractivity contribution in [1.82, 2.24) is 5.32 Å². The molecule has 1 N–H and O–H groups in total. The Morgan fingerprint density at radius 2 is 1.83 bits per heavy atom. The van der Waals surface area contributed by atoms with Gasteiger partial charge in [0.25, 0.3) is 0 Å². The van der Waals surface area contributed by atoms with E-state index in [1.807, 2.05) is 30.3 Å². The van der Waals surface area contributed by atoms with Crippen LogP contribution in [0.5, 0.6) is 5.75 Å². The summed E-state index contributed by atoms with van der Waals surface area (Å²) in [6.07, 6.45) is 9.52. The van der Waals surface area contributed by atoms with Crippen LogP contribution >= 0.6 is 0 Å². The molecule has 0 saturated carbocycles. The van der Waals surface area contributed by atoms with Crippen molar-refractivity contribution < 1.29 is 4.74 Å². The van der Waals surface area contributed by atoms with Crippen LogP contribution in [0.15, 0.2) is 90.8 Å². The van der Waals surface area contributed by atoms with Gasteiger partial charge in [-0.25, -0.2) is 0 Å². The molecular formula is C22H23NO. The molecule has 1 aliphatic carbocycles. The molecule has 0 bridgehead atoms. The quantitative estimate of drug-likeness (QED) is 0.763. The summed E-state index contributed by atoms with van der Waals surface area (Å²) in [5, 5.41) is 3.38. The van der Waals surface area contributed by atoms with Gasteiger partial charge in [-0.3, -0.25) is 0 Å². The standard InChI is InChI=1S/C22H23NO/c1-18(23-21-12-6-3-7-13-21)15-20-11-8-14-22(16-20)24-17-19-9-4-2-5-10-19/h2,4-6,8-14,16,23H,1,3,7,15,17H2. The summed E-state index contributed by atoms with van der Waals surface area (Å²) in [5.74, 6) is 0.890. The zero-order valence-electron chi connectivity index (χ0n) is 13.9. The van der Waals surface area contributed by atoms with E-state index in [4.69, 9.17) is 4.74 Å². The molecule has 2 aromatic carbocycles. The Bertz CT molecular complexity index is 744. The van der Waals surface area contributed by atoms with Crippen molar-refractivity contribution in [3.05, 3.63) is 102 Å². The second-order valence-corrected chi connectivity index (χ2v) is 5.97. The van der Waals surface area contributed by atoms with E-state index in [-0.39, 0.29) is 0 Å². The third-order valence-corrected chi connectivity index (χ3v) is 3.88. The summed E-state index contributed by atoms with van der Waals surface area (Å²) in [5.41, 5.74) is 4.50. The number of rotatable bonds is 7. The van der Waals surface area contributed by atoms with Crippen molar-refractivity contribution in [2.24, 2.45) is 0 Å². The number of benzene rings is 2. The third kappa shape index (κ3) is 4.88. The normalized spacial score (nSPS) is 13.2. The lowest BCUT2D eigenvalue weighted by atomic mass is 10.1. The Morgan fingerprint density at radius 3 is 2.62 bits per heavy atom. The van der Waals surface area contributed by atoms with Crippen molar-refractivity contribution in [1.29, 1.82) is 0 Å². The average Bonchev–Trinajstić information content (AvgIpc) is 2.62. The maximum atomic E-state index is 5.89. The fraction of sp³-hybridized carbons (Fsp3) is 0.182. The first kappa shape index (κ1) is 16.1. The highest BCUT2D eigenvalue weighted by atomic mass is 16.5. The van der Waals surface area contributed by atoms with Crippen molar-refractivity contribution in [3.63, 3.8) is 0 Å². The van der Waals surface area contributed by atoms with E-state index in [2.05, 4.69) is 54.4 Å². The SMILES string of the molecule is C=C(Cc1cccc(OCc2ccccc2)c1)NC1=CCCC=C1. The van der Waals surface area contributed by atoms with E-state index in [0.29, 0.717) is 6.61 Å². The van der Waals surface area contributed by atoms with Crippen molar-refractivity contribution in [2.75, 3.05) is 0 Å². The molecule has 2 heteroatoms. The van der Waals surface area contributed by atoms with Crippen LogP contribution < -0.4 is 10.1 Å². The van der Waals surface area contributed by atoms with Gasteiger partial charge in [0, 0.05) is 17.8 Å². The molecular weight excluding hydrogens is 294 g/mol. The molecule has 0 spiro atoms. The van der Waals surface area contributed by atoms with Gasteiger partial charge in [-0.05, 0) is 42.2 Å². The predicted octanol–water partition coefficient (Wildman–Crippen LogP) is 5.15. The minimum atomic E-state index is 0.584. The first-order valence-corrected chi connectivity index (χ1v) is 8.37. The zero-order valence-corrected chi connectivity index (χ0v) is 13.9. The van der Waals surface area contributed by atoms with Crippen LogP contribution in [0, 0.1) is 0 Å². The molecule has 0 aliphatic heterocycles. The van der Waals surface area contributed by atoms with Gasteiger partial charge >= 0.3 is 0 Å². The first-order valence-electron chi connectivity index (χ1n) is 8.37. The van der Waals surface area contributed by atoms with Crippen molar-refractivity contribution in [2.45, 2.75) is 25.9 Å². The van der Waals surface area contributed by atoms with Crippen LogP contribution in [0.3, 0.4) is 0 Å². The highest BCUT2D eigenvalue weighted by Crippen LogP contribution is 2.17. The van der Waals surface area contributed by atoms with E-state index >= 15 is 0 Å². The summed E-state index contributed by atoms with van der Waals surface area (Å²) in [6, 6.07) is 18.4. The Hall–Kier alpha value is -2.74. The van der Waals surface area contributed by atoms with E-state index in [1.165, 1.54) is 11.1 Å². The van der Waals surface area contributed by atoms with Gasteiger partial charge in [-0.1, -0.05) is 61.2 Å². The fourth-order valence-electron chi connectivity index (χ4n) is 2.69. The van der Waals surface area contributed by atoms with Crippen molar-refractivity contribution >= 4 is 0 Å². The van der Waals surface area contributed by atoms with Gasteiger partial charge in [0.15, 0.2) is 0 Å². The average molecular weight is 317 g/mol. The van der Waals surface area contributed by atoms with E-state index in [0.717, 1.165) is 36.4 Å². The molecule has 0 heterocycles. The summed E-state index contributed by atoms with van der Waals surface area (Å²) in [7, 11) is 0. The van der Waals surface area contributed by atoms with Crippen LogP contribution in [-0.2, 0) is 13.0 Å². The number of ether oxygens (including phenoxy) is 1. The molecule has 2 nitrogen and oxygen atoms in total. The van der Waals surface area contributed by atoms with Crippen LogP contribution in [0.2, 0.25) is 0 Å². The largest absolute Gasteiger partial charge is 0.489 e. The zero-order chi connectivity index (χ0) is 16.6. The monoisotopic (exact) mass is 317 g/mol. The molecule has 122 valence electrons. The molecule has 0 saturated heterocycles. The van der Waals surface area contributed by atoms with E-state index in [1.54, 1.807) is 0 Å². The van der Waals surface area contributed by atoms with Crippen molar-refractivity contribution in [3.8, 4) is 5.75 Å². The minimum absolute atomic E-state index is 0.584. The molecule has 2 aromatic rings. The molecule has 0 aromatic heterocycles. The van der Waals surface area contributed by atoms with Crippen LogP contribution in [-0.4, -0.2) is 0 Å². The Morgan fingerprint density at radius 1 is 1.00 bits per heavy atom. The summed E-state index contributed by atoms with van der Waals surface area (Å²) >= 11 is 0. The van der Waals surface area contributed by atoms with Gasteiger partial charge < -0.3 is 10.1 Å². The second kappa shape index (κ2) is 8.21. The summed E-state index contributed by atoms with van der Waals surface area (Å²) in [4.78, 5) is 0. The lowest BCUT2D eigenvalue weighted by Crippen LogP contribution is -2.13. The van der Waals surface area contributed by atoms with E-state index in [9.17, 15) is 0 Å². The Balaban J connectivity index is 1.55. The van der Waals surface area contributed by atoms with Crippen LogP contribution in [0.4, 0.5) is 0 Å². The maximum Gasteiger partial charge on any atom is 0.120 e. The molecule has 0 amide bonds. The number of hydrogen-bond acceptors (Lipinski definition) is 2.